The van der Waals surface area contributed by atoms with Gasteiger partial charge in [0.2, 0.25) is 0 Å². The largest absolute Gasteiger partial charge is 0.383 e. The smallest absolute Gasteiger partial charge is 0.354 e. The number of nitrogen functional groups attached to an aromatic ring is 1. The minimum atomic E-state index is -0.357. The molecule has 2 fully saturated rings. The van der Waals surface area contributed by atoms with Crippen LogP contribution in [-0.2, 0) is 6.42 Å². The van der Waals surface area contributed by atoms with Crippen molar-refractivity contribution in [2.45, 2.75) is 38.8 Å². The fourth-order valence-corrected chi connectivity index (χ4v) is 4.90. The van der Waals surface area contributed by atoms with Gasteiger partial charge < -0.3 is 11.5 Å². The molecule has 1 aromatic heterocycles. The summed E-state index contributed by atoms with van der Waals surface area (Å²) in [7, 11) is 0. The minimum Gasteiger partial charge on any atom is -0.383 e. The summed E-state index contributed by atoms with van der Waals surface area (Å²) in [4.78, 5) is 18.3. The molecule has 6 heteroatoms. The van der Waals surface area contributed by atoms with Crippen molar-refractivity contribution in [3.63, 3.8) is 0 Å². The van der Waals surface area contributed by atoms with E-state index in [4.69, 9.17) is 11.5 Å². The highest BCUT2D eigenvalue weighted by atomic mass is 16.1. The molecule has 1 aliphatic heterocycles. The molecule has 2 aromatic rings. The molecule has 2 aliphatic rings. The van der Waals surface area contributed by atoms with E-state index in [2.05, 4.69) is 42.8 Å². The van der Waals surface area contributed by atoms with Gasteiger partial charge in [-0.05, 0) is 68.7 Å². The van der Waals surface area contributed by atoms with Gasteiger partial charge in [0.1, 0.15) is 5.82 Å². The Bertz CT molecular complexity index is 871. The standard InChI is InChI=1S/C21H29N5O/c1-13(25-11-16-17(12-25)19(16)21(2,3)23)10-14-4-6-15(7-5-14)26-9-8-18(22)24-20(26)27/h4-9,13,16-17,19H,10-12,23H2,1-3H3,(H2,22,24,27)/t13?,16-,17+,19+. The Morgan fingerprint density at radius 3 is 2.37 bits per heavy atom. The number of hydrogen-bond donors (Lipinski definition) is 2. The van der Waals surface area contributed by atoms with Crippen LogP contribution >= 0.6 is 0 Å². The summed E-state index contributed by atoms with van der Waals surface area (Å²) in [5.74, 6) is 2.48. The number of likely N-dealkylation sites (tertiary alicyclic amines) is 1. The first kappa shape index (κ1) is 18.2. The van der Waals surface area contributed by atoms with Gasteiger partial charge in [0.15, 0.2) is 0 Å². The summed E-state index contributed by atoms with van der Waals surface area (Å²) >= 11 is 0. The van der Waals surface area contributed by atoms with Crippen molar-refractivity contribution >= 4 is 5.82 Å². The maximum Gasteiger partial charge on any atom is 0.354 e. The number of benzene rings is 1. The highest BCUT2D eigenvalue weighted by molar-refractivity contribution is 5.36. The minimum absolute atomic E-state index is 0.0461. The van der Waals surface area contributed by atoms with E-state index < -0.39 is 0 Å². The van der Waals surface area contributed by atoms with Gasteiger partial charge in [-0.25, -0.2) is 4.79 Å². The summed E-state index contributed by atoms with van der Waals surface area (Å²) < 4.78 is 1.51. The lowest BCUT2D eigenvalue weighted by Gasteiger charge is -2.30. The molecule has 0 bridgehead atoms. The third kappa shape index (κ3) is 3.51. The molecule has 0 radical (unpaired) electrons. The normalized spacial score (nSPS) is 26.0. The molecule has 2 heterocycles. The zero-order chi connectivity index (χ0) is 19.3. The van der Waals surface area contributed by atoms with E-state index in [0.29, 0.717) is 12.0 Å². The van der Waals surface area contributed by atoms with Crippen LogP contribution in [0.15, 0.2) is 41.3 Å². The van der Waals surface area contributed by atoms with Crippen LogP contribution in [0.25, 0.3) is 5.69 Å². The molecular formula is C21H29N5O. The van der Waals surface area contributed by atoms with E-state index in [1.807, 2.05) is 12.1 Å². The van der Waals surface area contributed by atoms with E-state index in [-0.39, 0.29) is 17.0 Å². The number of hydrogen-bond acceptors (Lipinski definition) is 5. The van der Waals surface area contributed by atoms with Gasteiger partial charge in [-0.3, -0.25) is 9.47 Å². The van der Waals surface area contributed by atoms with Crippen molar-refractivity contribution in [3.8, 4) is 5.69 Å². The number of fused-ring (bicyclic) bond motifs is 1. The van der Waals surface area contributed by atoms with Gasteiger partial charge in [-0.15, -0.1) is 0 Å². The fourth-order valence-electron chi connectivity index (χ4n) is 4.90. The number of aromatic nitrogens is 2. The Balaban J connectivity index is 1.37. The Kier molecular flexibility index (Phi) is 4.35. The first-order chi connectivity index (χ1) is 12.7. The SMILES string of the molecule is CC(Cc1ccc(-n2ccc(N)nc2=O)cc1)N1C[C@@H]2[C@H](C1)[C@H]2C(C)(C)N. The number of rotatable bonds is 5. The lowest BCUT2D eigenvalue weighted by molar-refractivity contribution is 0.202. The van der Waals surface area contributed by atoms with Crippen molar-refractivity contribution in [1.29, 1.82) is 0 Å². The Morgan fingerprint density at radius 2 is 1.81 bits per heavy atom. The van der Waals surface area contributed by atoms with Crippen LogP contribution in [0.4, 0.5) is 5.82 Å². The third-order valence-electron chi connectivity index (χ3n) is 6.28. The Hall–Kier alpha value is -2.18. The van der Waals surface area contributed by atoms with E-state index in [1.165, 1.54) is 23.2 Å². The second kappa shape index (κ2) is 6.46. The van der Waals surface area contributed by atoms with Crippen LogP contribution in [-0.4, -0.2) is 39.1 Å². The molecule has 1 unspecified atom stereocenters. The molecule has 1 saturated carbocycles. The molecule has 144 valence electrons. The van der Waals surface area contributed by atoms with Gasteiger partial charge in [-0.1, -0.05) is 12.1 Å². The number of anilines is 1. The van der Waals surface area contributed by atoms with Gasteiger partial charge in [-0.2, -0.15) is 4.98 Å². The van der Waals surface area contributed by atoms with E-state index in [1.54, 1.807) is 12.3 Å². The van der Waals surface area contributed by atoms with Crippen molar-refractivity contribution in [1.82, 2.24) is 14.5 Å². The van der Waals surface area contributed by atoms with Gasteiger partial charge >= 0.3 is 5.69 Å². The summed E-state index contributed by atoms with van der Waals surface area (Å²) in [5.41, 5.74) is 13.5. The first-order valence-corrected chi connectivity index (χ1v) is 9.71. The Morgan fingerprint density at radius 1 is 1.19 bits per heavy atom. The molecule has 6 nitrogen and oxygen atoms in total. The predicted octanol–water partition coefficient (Wildman–Crippen LogP) is 1.66. The summed E-state index contributed by atoms with van der Waals surface area (Å²) in [6, 6.07) is 10.3. The van der Waals surface area contributed by atoms with Crippen LogP contribution < -0.4 is 17.2 Å². The number of nitrogens with zero attached hydrogens (tertiary/aromatic N) is 3. The summed E-state index contributed by atoms with van der Waals surface area (Å²) in [6.45, 7) is 8.96. The lowest BCUT2D eigenvalue weighted by Crippen LogP contribution is -2.41. The van der Waals surface area contributed by atoms with Gasteiger partial charge in [0.25, 0.3) is 0 Å². The van der Waals surface area contributed by atoms with Gasteiger partial charge in [0, 0.05) is 30.9 Å². The molecule has 1 aliphatic carbocycles. The second-order valence-corrected chi connectivity index (χ2v) is 8.85. The molecule has 4 rings (SSSR count). The molecule has 4 atom stereocenters. The van der Waals surface area contributed by atoms with E-state index >= 15 is 0 Å². The maximum absolute atomic E-state index is 12.0. The molecule has 0 amide bonds. The van der Waals surface area contributed by atoms with Crippen LogP contribution in [0.2, 0.25) is 0 Å². The molecule has 1 saturated heterocycles. The molecular weight excluding hydrogens is 338 g/mol. The van der Waals surface area contributed by atoms with Crippen molar-refractivity contribution in [2.24, 2.45) is 23.5 Å². The molecule has 27 heavy (non-hydrogen) atoms. The summed E-state index contributed by atoms with van der Waals surface area (Å²) in [6.07, 6.45) is 2.67. The predicted molar refractivity (Wildman–Crippen MR) is 108 cm³/mol. The molecule has 4 N–H and O–H groups in total. The van der Waals surface area contributed by atoms with Crippen molar-refractivity contribution < 1.29 is 0 Å². The van der Waals surface area contributed by atoms with Crippen LogP contribution in [0.3, 0.4) is 0 Å². The monoisotopic (exact) mass is 367 g/mol. The first-order valence-electron chi connectivity index (χ1n) is 9.71. The summed E-state index contributed by atoms with van der Waals surface area (Å²) in [5, 5.41) is 0. The van der Waals surface area contributed by atoms with Crippen LogP contribution in [0.1, 0.15) is 26.3 Å². The Labute approximate surface area is 160 Å². The van der Waals surface area contributed by atoms with Crippen LogP contribution in [0.5, 0.6) is 0 Å². The van der Waals surface area contributed by atoms with Crippen molar-refractivity contribution in [3.05, 3.63) is 52.6 Å². The average molecular weight is 367 g/mol. The van der Waals surface area contributed by atoms with E-state index in [9.17, 15) is 4.79 Å². The highest BCUT2D eigenvalue weighted by Gasteiger charge is 2.60. The fraction of sp³-hybridized carbons (Fsp3) is 0.524. The van der Waals surface area contributed by atoms with Crippen LogP contribution in [0, 0.1) is 17.8 Å². The van der Waals surface area contributed by atoms with Gasteiger partial charge in [0.05, 0.1) is 5.69 Å². The second-order valence-electron chi connectivity index (χ2n) is 8.85. The average Bonchev–Trinajstić information content (AvgIpc) is 3.13. The topological polar surface area (TPSA) is 90.2 Å². The molecule has 1 aromatic carbocycles. The zero-order valence-corrected chi connectivity index (χ0v) is 16.3. The lowest BCUT2D eigenvalue weighted by atomic mass is 9.95. The quantitative estimate of drug-likeness (QED) is 0.839. The highest BCUT2D eigenvalue weighted by Crippen LogP contribution is 2.56. The maximum atomic E-state index is 12.0. The number of nitrogens with two attached hydrogens (primary N) is 2. The molecule has 0 spiro atoms. The number of piperidine rings is 1. The van der Waals surface area contributed by atoms with E-state index in [0.717, 1.165) is 23.9 Å². The zero-order valence-electron chi connectivity index (χ0n) is 16.3. The van der Waals surface area contributed by atoms with Crippen molar-refractivity contribution in [2.75, 3.05) is 18.8 Å². The third-order valence-corrected chi connectivity index (χ3v) is 6.28.